The number of phenols is 1. The molecule has 1 aliphatic heterocycles. The van der Waals surface area contributed by atoms with E-state index in [9.17, 15) is 9.90 Å². The quantitative estimate of drug-likeness (QED) is 0.570. The van der Waals surface area contributed by atoms with Gasteiger partial charge in [-0.25, -0.2) is 0 Å². The molecule has 0 bridgehead atoms. The molecular formula is C24H30N6O3. The van der Waals surface area contributed by atoms with Crippen LogP contribution in [0.3, 0.4) is 0 Å². The van der Waals surface area contributed by atoms with Crippen molar-refractivity contribution in [3.05, 3.63) is 65.5 Å². The van der Waals surface area contributed by atoms with Crippen LogP contribution in [0, 0.1) is 5.92 Å². The molecular weight excluding hydrogens is 420 g/mol. The monoisotopic (exact) mass is 450 g/mol. The van der Waals surface area contributed by atoms with Crippen LogP contribution in [0.2, 0.25) is 0 Å². The highest BCUT2D eigenvalue weighted by Gasteiger charge is 2.28. The van der Waals surface area contributed by atoms with Crippen LogP contribution in [-0.4, -0.2) is 55.9 Å². The van der Waals surface area contributed by atoms with E-state index in [1.165, 1.54) is 0 Å². The summed E-state index contributed by atoms with van der Waals surface area (Å²) in [7, 11) is 1.61. The maximum atomic E-state index is 12.8. The number of carbonyl (C=O) groups is 1. The third-order valence-corrected chi connectivity index (χ3v) is 5.94. The molecule has 33 heavy (non-hydrogen) atoms. The number of nitrogens with zero attached hydrogens (tertiary/aromatic N) is 5. The molecule has 0 radical (unpaired) electrons. The number of pyridine rings is 1. The van der Waals surface area contributed by atoms with Gasteiger partial charge in [0.25, 0.3) is 5.91 Å². The molecule has 0 unspecified atom stereocenters. The summed E-state index contributed by atoms with van der Waals surface area (Å²) in [6.07, 6.45) is 2.37. The zero-order chi connectivity index (χ0) is 23.4. The Morgan fingerprint density at radius 2 is 2.03 bits per heavy atom. The van der Waals surface area contributed by atoms with Crippen molar-refractivity contribution in [2.45, 2.75) is 39.4 Å². The van der Waals surface area contributed by atoms with Crippen molar-refractivity contribution in [2.24, 2.45) is 5.92 Å². The Hall–Kier alpha value is -3.46. The minimum Gasteiger partial charge on any atom is -0.508 e. The minimum atomic E-state index is -0.274. The van der Waals surface area contributed by atoms with Gasteiger partial charge in [0.05, 0.1) is 13.2 Å². The smallest absolute Gasteiger partial charge is 0.270 e. The number of fused-ring (bicyclic) bond motifs is 1. The summed E-state index contributed by atoms with van der Waals surface area (Å²) in [6, 6.07) is 10.2. The average Bonchev–Trinajstić information content (AvgIpc) is 3.11. The number of carbonyl (C=O) groups excluding carboxylic acids is 1. The maximum absolute atomic E-state index is 12.8. The molecule has 3 aromatic rings. The van der Waals surface area contributed by atoms with E-state index >= 15 is 0 Å². The number of phenolic OH excluding ortho intramolecular Hbond substituents is 1. The van der Waals surface area contributed by atoms with Gasteiger partial charge in [0.2, 0.25) is 0 Å². The number of hydrogen-bond acceptors (Lipinski definition) is 7. The van der Waals surface area contributed by atoms with Gasteiger partial charge in [0.1, 0.15) is 23.0 Å². The lowest BCUT2D eigenvalue weighted by Gasteiger charge is -2.23. The van der Waals surface area contributed by atoms with Crippen LogP contribution in [0.4, 0.5) is 0 Å². The summed E-state index contributed by atoms with van der Waals surface area (Å²) in [5, 5.41) is 21.7. The van der Waals surface area contributed by atoms with Gasteiger partial charge < -0.3 is 19.7 Å². The number of aromatic hydroxyl groups is 1. The van der Waals surface area contributed by atoms with E-state index in [0.29, 0.717) is 18.0 Å². The lowest BCUT2D eigenvalue weighted by molar-refractivity contribution is 0.0916. The highest BCUT2D eigenvalue weighted by molar-refractivity contribution is 5.92. The van der Waals surface area contributed by atoms with Crippen LogP contribution < -0.4 is 10.1 Å². The molecule has 0 spiro atoms. The Kier molecular flexibility index (Phi) is 6.88. The van der Waals surface area contributed by atoms with Crippen LogP contribution in [0.1, 0.15) is 47.6 Å². The molecule has 9 heteroatoms. The van der Waals surface area contributed by atoms with Crippen LogP contribution >= 0.6 is 0 Å². The molecule has 1 aliphatic rings. The van der Waals surface area contributed by atoms with Crippen molar-refractivity contribution in [2.75, 3.05) is 20.2 Å². The first-order valence-electron chi connectivity index (χ1n) is 11.2. The maximum Gasteiger partial charge on any atom is 0.270 e. The van der Waals surface area contributed by atoms with Crippen molar-refractivity contribution in [3.63, 3.8) is 0 Å². The number of aromatic nitrogens is 4. The van der Waals surface area contributed by atoms with Crippen molar-refractivity contribution >= 4 is 5.91 Å². The Bertz CT molecular complexity index is 1100. The number of hydrogen-bond donors (Lipinski definition) is 2. The van der Waals surface area contributed by atoms with E-state index < -0.39 is 0 Å². The SMILES string of the molecule is COc1cc(O)ccc1CN1CCc2nnc([C@@H](NC(=O)c3ccccn3)C(C)C)n2CC1. The van der Waals surface area contributed by atoms with Gasteiger partial charge in [-0.1, -0.05) is 26.0 Å². The second-order valence-corrected chi connectivity index (χ2v) is 8.56. The summed E-state index contributed by atoms with van der Waals surface area (Å²) in [4.78, 5) is 19.3. The third kappa shape index (κ3) is 5.14. The molecule has 2 aromatic heterocycles. The fraction of sp³-hybridized carbons (Fsp3) is 0.417. The second-order valence-electron chi connectivity index (χ2n) is 8.56. The molecule has 0 fully saturated rings. The molecule has 1 aromatic carbocycles. The summed E-state index contributed by atoms with van der Waals surface area (Å²) >= 11 is 0. The number of ether oxygens (including phenoxy) is 1. The molecule has 4 rings (SSSR count). The van der Waals surface area contributed by atoms with Crippen LogP contribution in [-0.2, 0) is 19.5 Å². The number of benzene rings is 1. The number of amides is 1. The zero-order valence-electron chi connectivity index (χ0n) is 19.2. The van der Waals surface area contributed by atoms with Gasteiger partial charge in [0.15, 0.2) is 5.82 Å². The number of methoxy groups -OCH3 is 1. The molecule has 9 nitrogen and oxygen atoms in total. The van der Waals surface area contributed by atoms with E-state index in [1.54, 1.807) is 43.6 Å². The molecule has 0 saturated carbocycles. The molecule has 174 valence electrons. The topological polar surface area (TPSA) is 105 Å². The lowest BCUT2D eigenvalue weighted by atomic mass is 10.0. The largest absolute Gasteiger partial charge is 0.508 e. The summed E-state index contributed by atoms with van der Waals surface area (Å²) < 4.78 is 7.57. The Morgan fingerprint density at radius 3 is 2.76 bits per heavy atom. The van der Waals surface area contributed by atoms with Crippen molar-refractivity contribution in [3.8, 4) is 11.5 Å². The molecule has 3 heterocycles. The fourth-order valence-corrected chi connectivity index (χ4v) is 4.12. The summed E-state index contributed by atoms with van der Waals surface area (Å²) in [6.45, 7) is 7.19. The third-order valence-electron chi connectivity index (χ3n) is 5.94. The van der Waals surface area contributed by atoms with Crippen LogP contribution in [0.5, 0.6) is 11.5 Å². The summed E-state index contributed by atoms with van der Waals surface area (Å²) in [5.41, 5.74) is 1.41. The first-order chi connectivity index (χ1) is 16.0. The van der Waals surface area contributed by atoms with Gasteiger partial charge in [-0.2, -0.15) is 0 Å². The minimum absolute atomic E-state index is 0.131. The normalized spacial score (nSPS) is 15.0. The second kappa shape index (κ2) is 9.99. The van der Waals surface area contributed by atoms with Crippen molar-refractivity contribution < 1.29 is 14.6 Å². The van der Waals surface area contributed by atoms with Gasteiger partial charge in [0, 0.05) is 50.4 Å². The Morgan fingerprint density at radius 1 is 1.18 bits per heavy atom. The van der Waals surface area contributed by atoms with E-state index in [0.717, 1.165) is 43.3 Å². The van der Waals surface area contributed by atoms with Crippen LogP contribution in [0.25, 0.3) is 0 Å². The zero-order valence-corrected chi connectivity index (χ0v) is 19.2. The van der Waals surface area contributed by atoms with E-state index in [1.807, 2.05) is 6.07 Å². The molecule has 0 aliphatic carbocycles. The highest BCUT2D eigenvalue weighted by Crippen LogP contribution is 2.27. The fourth-order valence-electron chi connectivity index (χ4n) is 4.12. The van der Waals surface area contributed by atoms with E-state index in [2.05, 4.69) is 43.8 Å². The Labute approximate surface area is 193 Å². The van der Waals surface area contributed by atoms with Gasteiger partial charge >= 0.3 is 0 Å². The Balaban J connectivity index is 1.49. The first kappa shape index (κ1) is 22.7. The molecule has 2 N–H and O–H groups in total. The van der Waals surface area contributed by atoms with Crippen molar-refractivity contribution in [1.29, 1.82) is 0 Å². The first-order valence-corrected chi connectivity index (χ1v) is 11.2. The van der Waals surface area contributed by atoms with E-state index in [4.69, 9.17) is 4.74 Å². The predicted octanol–water partition coefficient (Wildman–Crippen LogP) is 2.57. The lowest BCUT2D eigenvalue weighted by Crippen LogP contribution is -2.34. The van der Waals surface area contributed by atoms with Gasteiger partial charge in [-0.05, 0) is 24.1 Å². The highest BCUT2D eigenvalue weighted by atomic mass is 16.5. The van der Waals surface area contributed by atoms with Crippen LogP contribution in [0.15, 0.2) is 42.6 Å². The molecule has 0 saturated heterocycles. The standard InChI is InChI=1S/C24H30N6O3/c1-16(2)22(26-24(32)19-6-4-5-10-25-19)23-28-27-21-9-11-29(12-13-30(21)23)15-17-7-8-18(31)14-20(17)33-3/h4-8,10,14,16,22,31H,9,11-13,15H2,1-3H3,(H,26,32)/t22-/m0/s1. The number of nitrogens with one attached hydrogen (secondary N) is 1. The number of rotatable bonds is 7. The van der Waals surface area contributed by atoms with Crippen molar-refractivity contribution in [1.82, 2.24) is 30.0 Å². The molecule has 1 amide bonds. The summed E-state index contributed by atoms with van der Waals surface area (Å²) in [5.74, 6) is 2.47. The predicted molar refractivity (Wildman–Crippen MR) is 123 cm³/mol. The van der Waals surface area contributed by atoms with E-state index in [-0.39, 0.29) is 23.6 Å². The van der Waals surface area contributed by atoms with Gasteiger partial charge in [-0.15, -0.1) is 10.2 Å². The molecule has 1 atom stereocenters. The average molecular weight is 451 g/mol. The van der Waals surface area contributed by atoms with Gasteiger partial charge in [-0.3, -0.25) is 14.7 Å².